The number of amides is 1. The molecule has 1 fully saturated rings. The van der Waals surface area contributed by atoms with E-state index in [-0.39, 0.29) is 17.8 Å². The molecule has 1 saturated heterocycles. The zero-order valence-electron chi connectivity index (χ0n) is 11.1. The highest BCUT2D eigenvalue weighted by molar-refractivity contribution is 7.12. The molecule has 0 N–H and O–H groups in total. The van der Waals surface area contributed by atoms with Crippen LogP contribution in [0.2, 0.25) is 0 Å². The molecule has 1 aromatic rings. The Kier molecular flexibility index (Phi) is 5.10. The maximum Gasteiger partial charge on any atom is 0.223 e. The van der Waals surface area contributed by atoms with Crippen LogP contribution >= 0.6 is 11.3 Å². The Labute approximate surface area is 117 Å². The van der Waals surface area contributed by atoms with Crippen molar-refractivity contribution in [1.29, 1.82) is 0 Å². The smallest absolute Gasteiger partial charge is 0.223 e. The van der Waals surface area contributed by atoms with Gasteiger partial charge in [0.15, 0.2) is 5.78 Å². The Morgan fingerprint density at radius 3 is 2.68 bits per heavy atom. The number of ether oxygens (including phenoxy) is 1. The van der Waals surface area contributed by atoms with Crippen LogP contribution in [0.1, 0.15) is 35.4 Å². The third-order valence-corrected chi connectivity index (χ3v) is 4.40. The Morgan fingerprint density at radius 2 is 2.11 bits per heavy atom. The minimum absolute atomic E-state index is 0.0649. The normalized spacial score (nSPS) is 16.6. The van der Waals surface area contributed by atoms with E-state index in [1.54, 1.807) is 7.11 Å². The summed E-state index contributed by atoms with van der Waals surface area (Å²) in [5.41, 5.74) is 0. The first-order valence-electron chi connectivity index (χ1n) is 6.58. The summed E-state index contributed by atoms with van der Waals surface area (Å²) in [6.07, 6.45) is 2.68. The van der Waals surface area contributed by atoms with E-state index in [0.29, 0.717) is 12.8 Å². The van der Waals surface area contributed by atoms with Gasteiger partial charge in [0, 0.05) is 33.0 Å². The predicted octanol–water partition coefficient (Wildman–Crippen LogP) is 2.35. The van der Waals surface area contributed by atoms with Crippen LogP contribution in [-0.4, -0.2) is 42.9 Å². The zero-order valence-corrected chi connectivity index (χ0v) is 11.9. The molecule has 0 bridgehead atoms. The number of nitrogens with zero attached hydrogens (tertiary/aromatic N) is 1. The first-order valence-corrected chi connectivity index (χ1v) is 7.46. The van der Waals surface area contributed by atoms with Gasteiger partial charge in [-0.2, -0.15) is 0 Å². The molecular formula is C14H19NO3S. The van der Waals surface area contributed by atoms with E-state index < -0.39 is 0 Å². The fourth-order valence-electron chi connectivity index (χ4n) is 2.28. The van der Waals surface area contributed by atoms with E-state index in [1.165, 1.54) is 11.3 Å². The largest absolute Gasteiger partial charge is 0.381 e. The van der Waals surface area contributed by atoms with Gasteiger partial charge < -0.3 is 9.64 Å². The molecule has 0 saturated carbocycles. The van der Waals surface area contributed by atoms with Crippen molar-refractivity contribution in [3.8, 4) is 0 Å². The molecule has 2 heterocycles. The van der Waals surface area contributed by atoms with E-state index >= 15 is 0 Å². The van der Waals surface area contributed by atoms with Gasteiger partial charge >= 0.3 is 0 Å². The molecule has 0 radical (unpaired) electrons. The average molecular weight is 281 g/mol. The number of hydrogen-bond donors (Lipinski definition) is 0. The molecule has 104 valence electrons. The highest BCUT2D eigenvalue weighted by atomic mass is 32.1. The second kappa shape index (κ2) is 6.82. The lowest BCUT2D eigenvalue weighted by molar-refractivity contribution is -0.133. The first kappa shape index (κ1) is 14.2. The van der Waals surface area contributed by atoms with Crippen molar-refractivity contribution in [2.75, 3.05) is 20.2 Å². The number of Topliss-reactive ketones (excluding diaryl/α,β-unsaturated/α-hetero) is 1. The van der Waals surface area contributed by atoms with Crippen molar-refractivity contribution in [3.63, 3.8) is 0 Å². The lowest BCUT2D eigenvalue weighted by Crippen LogP contribution is -2.40. The maximum absolute atomic E-state index is 12.0. The topological polar surface area (TPSA) is 46.6 Å². The van der Waals surface area contributed by atoms with E-state index in [1.807, 2.05) is 22.4 Å². The molecule has 1 amide bonds. The molecule has 4 nitrogen and oxygen atoms in total. The van der Waals surface area contributed by atoms with Crippen molar-refractivity contribution in [2.45, 2.75) is 31.8 Å². The van der Waals surface area contributed by atoms with Crippen LogP contribution in [0.15, 0.2) is 17.5 Å². The Balaban J connectivity index is 1.74. The van der Waals surface area contributed by atoms with Gasteiger partial charge in [-0.1, -0.05) is 6.07 Å². The van der Waals surface area contributed by atoms with Gasteiger partial charge in [-0.15, -0.1) is 11.3 Å². The first-order chi connectivity index (χ1) is 9.20. The average Bonchev–Trinajstić information content (AvgIpc) is 2.98. The Hall–Kier alpha value is -1.20. The Bertz CT molecular complexity index is 422. The standard InChI is InChI=1S/C14H19NO3S/c1-18-11-6-8-15(9-7-11)14(17)5-4-12(16)13-3-2-10-19-13/h2-3,10-11H,4-9H2,1H3. The monoisotopic (exact) mass is 281 g/mol. The molecule has 0 aliphatic carbocycles. The number of hydrogen-bond acceptors (Lipinski definition) is 4. The van der Waals surface area contributed by atoms with Crippen molar-refractivity contribution in [3.05, 3.63) is 22.4 Å². The summed E-state index contributed by atoms with van der Waals surface area (Å²) in [4.78, 5) is 26.4. The third kappa shape index (κ3) is 3.88. The van der Waals surface area contributed by atoms with Crippen LogP contribution in [-0.2, 0) is 9.53 Å². The van der Waals surface area contributed by atoms with Gasteiger partial charge in [0.2, 0.25) is 5.91 Å². The molecule has 0 spiro atoms. The van der Waals surface area contributed by atoms with Gasteiger partial charge in [-0.3, -0.25) is 9.59 Å². The van der Waals surface area contributed by atoms with Gasteiger partial charge in [-0.05, 0) is 24.3 Å². The number of rotatable bonds is 5. The summed E-state index contributed by atoms with van der Waals surface area (Å²) in [7, 11) is 1.71. The van der Waals surface area contributed by atoms with Crippen LogP contribution in [0.3, 0.4) is 0 Å². The zero-order chi connectivity index (χ0) is 13.7. The molecule has 0 unspecified atom stereocenters. The molecule has 2 rings (SSSR count). The van der Waals surface area contributed by atoms with Crippen LogP contribution in [0, 0.1) is 0 Å². The highest BCUT2D eigenvalue weighted by Crippen LogP contribution is 2.16. The lowest BCUT2D eigenvalue weighted by atomic mass is 10.1. The Morgan fingerprint density at radius 1 is 1.37 bits per heavy atom. The van der Waals surface area contributed by atoms with E-state index in [0.717, 1.165) is 30.8 Å². The SMILES string of the molecule is COC1CCN(C(=O)CCC(=O)c2cccs2)CC1. The summed E-state index contributed by atoms with van der Waals surface area (Å²) in [6, 6.07) is 3.66. The molecule has 0 atom stereocenters. The molecule has 0 aromatic carbocycles. The number of piperidine rings is 1. The second-order valence-electron chi connectivity index (χ2n) is 4.72. The number of methoxy groups -OCH3 is 1. The second-order valence-corrected chi connectivity index (χ2v) is 5.66. The number of likely N-dealkylation sites (tertiary alicyclic amines) is 1. The summed E-state index contributed by atoms with van der Waals surface area (Å²) in [5, 5.41) is 1.88. The summed E-state index contributed by atoms with van der Waals surface area (Å²) in [6.45, 7) is 1.48. The fourth-order valence-corrected chi connectivity index (χ4v) is 2.97. The number of ketones is 1. The molecule has 5 heteroatoms. The summed E-state index contributed by atoms with van der Waals surface area (Å²) >= 11 is 1.43. The highest BCUT2D eigenvalue weighted by Gasteiger charge is 2.22. The molecule has 1 aliphatic rings. The van der Waals surface area contributed by atoms with Crippen molar-refractivity contribution < 1.29 is 14.3 Å². The van der Waals surface area contributed by atoms with Crippen LogP contribution < -0.4 is 0 Å². The maximum atomic E-state index is 12.0. The van der Waals surface area contributed by atoms with Gasteiger partial charge in [-0.25, -0.2) is 0 Å². The fraction of sp³-hybridized carbons (Fsp3) is 0.571. The minimum atomic E-state index is 0.0649. The lowest BCUT2D eigenvalue weighted by Gasteiger charge is -2.31. The number of carbonyl (C=O) groups is 2. The van der Waals surface area contributed by atoms with E-state index in [2.05, 4.69) is 0 Å². The van der Waals surface area contributed by atoms with Gasteiger partial charge in [0.1, 0.15) is 0 Å². The van der Waals surface area contributed by atoms with Crippen LogP contribution in [0.5, 0.6) is 0 Å². The third-order valence-electron chi connectivity index (χ3n) is 3.49. The van der Waals surface area contributed by atoms with Crippen LogP contribution in [0.4, 0.5) is 0 Å². The molecule has 1 aromatic heterocycles. The quantitative estimate of drug-likeness (QED) is 0.778. The predicted molar refractivity (Wildman–Crippen MR) is 74.5 cm³/mol. The molecule has 1 aliphatic heterocycles. The molecular weight excluding hydrogens is 262 g/mol. The summed E-state index contributed by atoms with van der Waals surface area (Å²) < 4.78 is 5.28. The van der Waals surface area contributed by atoms with Gasteiger partial charge in [0.05, 0.1) is 11.0 Å². The molecule has 19 heavy (non-hydrogen) atoms. The minimum Gasteiger partial charge on any atom is -0.381 e. The van der Waals surface area contributed by atoms with E-state index in [4.69, 9.17) is 4.74 Å². The van der Waals surface area contributed by atoms with Crippen LogP contribution in [0.25, 0.3) is 0 Å². The summed E-state index contributed by atoms with van der Waals surface area (Å²) in [5.74, 6) is 0.148. The van der Waals surface area contributed by atoms with Crippen molar-refractivity contribution in [1.82, 2.24) is 4.90 Å². The van der Waals surface area contributed by atoms with Gasteiger partial charge in [0.25, 0.3) is 0 Å². The number of carbonyl (C=O) groups excluding carboxylic acids is 2. The van der Waals surface area contributed by atoms with Crippen molar-refractivity contribution in [2.24, 2.45) is 0 Å². The van der Waals surface area contributed by atoms with E-state index in [9.17, 15) is 9.59 Å². The number of thiophene rings is 1. The van der Waals surface area contributed by atoms with Crippen molar-refractivity contribution >= 4 is 23.0 Å².